The molecule has 28 heavy (non-hydrogen) atoms. The second-order valence-corrected chi connectivity index (χ2v) is 7.84. The van der Waals surface area contributed by atoms with Gasteiger partial charge in [-0.3, -0.25) is 4.79 Å². The van der Waals surface area contributed by atoms with Crippen LogP contribution in [0.1, 0.15) is 55.6 Å². The van der Waals surface area contributed by atoms with Crippen molar-refractivity contribution >= 4 is 11.8 Å². The van der Waals surface area contributed by atoms with E-state index in [0.29, 0.717) is 44.5 Å². The van der Waals surface area contributed by atoms with Gasteiger partial charge >= 0.3 is 12.1 Å². The zero-order chi connectivity index (χ0) is 20.5. The van der Waals surface area contributed by atoms with E-state index in [-0.39, 0.29) is 17.6 Å². The zero-order valence-corrected chi connectivity index (χ0v) is 16.2. The third-order valence-electron chi connectivity index (χ3n) is 5.98. The number of nitrogens with zero attached hydrogens (tertiary/aromatic N) is 3. The average molecular weight is 401 g/mol. The molecule has 2 aliphatic rings. The second kappa shape index (κ2) is 7.85. The molecule has 0 aromatic carbocycles. The molecule has 0 bridgehead atoms. The van der Waals surface area contributed by atoms with Crippen molar-refractivity contribution in [1.82, 2.24) is 9.97 Å². The Morgan fingerprint density at radius 3 is 2.46 bits per heavy atom. The van der Waals surface area contributed by atoms with E-state index in [1.807, 2.05) is 0 Å². The highest BCUT2D eigenvalue weighted by Crippen LogP contribution is 2.40. The lowest BCUT2D eigenvalue weighted by Gasteiger charge is -2.42. The van der Waals surface area contributed by atoms with Gasteiger partial charge in [-0.15, -0.1) is 0 Å². The minimum Gasteiger partial charge on any atom is -0.481 e. The summed E-state index contributed by atoms with van der Waals surface area (Å²) in [6, 6.07) is 0. The smallest absolute Gasteiger partial charge is 0.451 e. The Balaban J connectivity index is 1.78. The fourth-order valence-corrected chi connectivity index (χ4v) is 4.10. The number of aryl methyl sites for hydroxylation is 1. The van der Waals surface area contributed by atoms with Crippen LogP contribution in [0.15, 0.2) is 0 Å². The van der Waals surface area contributed by atoms with Crippen molar-refractivity contribution in [2.75, 3.05) is 24.6 Å². The van der Waals surface area contributed by atoms with Crippen molar-refractivity contribution in [1.29, 1.82) is 0 Å². The molecule has 1 atom stereocenters. The predicted octanol–water partition coefficient (Wildman–Crippen LogP) is 3.74. The Morgan fingerprint density at radius 1 is 1.25 bits per heavy atom. The molecule has 1 N–H and O–H groups in total. The highest BCUT2D eigenvalue weighted by atomic mass is 19.4. The van der Waals surface area contributed by atoms with Crippen LogP contribution in [-0.2, 0) is 15.7 Å². The first-order chi connectivity index (χ1) is 13.1. The Kier molecular flexibility index (Phi) is 5.84. The monoisotopic (exact) mass is 401 g/mol. The molecule has 2 fully saturated rings. The molecule has 0 radical (unpaired) electrons. The third kappa shape index (κ3) is 4.24. The first-order valence-electron chi connectivity index (χ1n) is 9.65. The third-order valence-corrected chi connectivity index (χ3v) is 5.98. The lowest BCUT2D eigenvalue weighted by Crippen LogP contribution is -2.47. The molecule has 6 nitrogen and oxygen atoms in total. The van der Waals surface area contributed by atoms with Gasteiger partial charge < -0.3 is 14.7 Å². The van der Waals surface area contributed by atoms with Crippen molar-refractivity contribution in [3.8, 4) is 0 Å². The van der Waals surface area contributed by atoms with Crippen molar-refractivity contribution in [2.45, 2.75) is 64.7 Å². The van der Waals surface area contributed by atoms with Crippen molar-refractivity contribution in [3.63, 3.8) is 0 Å². The van der Waals surface area contributed by atoms with E-state index in [1.54, 1.807) is 11.8 Å². The van der Waals surface area contributed by atoms with Gasteiger partial charge in [-0.05, 0) is 52.4 Å². The summed E-state index contributed by atoms with van der Waals surface area (Å²) in [6.45, 7) is 4.56. The van der Waals surface area contributed by atoms with Gasteiger partial charge in [0.05, 0.1) is 11.5 Å². The van der Waals surface area contributed by atoms with Crippen LogP contribution in [0.4, 0.5) is 19.0 Å². The number of piperidine rings is 1. The van der Waals surface area contributed by atoms with Crippen LogP contribution in [0.3, 0.4) is 0 Å². The summed E-state index contributed by atoms with van der Waals surface area (Å²) in [4.78, 5) is 21.1. The number of ether oxygens (including phenoxy) is 1. The van der Waals surface area contributed by atoms with Crippen molar-refractivity contribution in [2.24, 2.45) is 5.41 Å². The number of carboxylic acid groups (broad SMARTS) is 1. The molecule has 1 aromatic rings. The van der Waals surface area contributed by atoms with E-state index in [0.717, 1.165) is 19.3 Å². The minimum absolute atomic E-state index is 0.0590. The number of anilines is 1. The molecular weight excluding hydrogens is 375 g/mol. The molecule has 9 heteroatoms. The van der Waals surface area contributed by atoms with Gasteiger partial charge in [0, 0.05) is 31.0 Å². The summed E-state index contributed by atoms with van der Waals surface area (Å²) >= 11 is 0. The highest BCUT2D eigenvalue weighted by Gasteiger charge is 2.44. The maximum Gasteiger partial charge on any atom is 0.451 e. The molecule has 0 saturated carbocycles. The SMILES string of the molecule is Cc1nc(C(F)(F)F)nc(N2CCC(CC3CCCCO3)(C(=O)O)CC2)c1C. The number of alkyl halides is 3. The standard InChI is InChI=1S/C19H26F3N3O3/c1-12-13(2)23-16(19(20,21)22)24-15(12)25-8-6-18(7-9-25,17(26)27)11-14-5-3-4-10-28-14/h14H,3-11H2,1-2H3,(H,26,27). The van der Waals surface area contributed by atoms with Crippen LogP contribution in [0.25, 0.3) is 0 Å². The molecule has 156 valence electrons. The summed E-state index contributed by atoms with van der Waals surface area (Å²) in [7, 11) is 0. The van der Waals surface area contributed by atoms with Gasteiger partial charge in [-0.1, -0.05) is 0 Å². The molecule has 1 unspecified atom stereocenters. The van der Waals surface area contributed by atoms with Crippen LogP contribution >= 0.6 is 0 Å². The maximum absolute atomic E-state index is 13.1. The second-order valence-electron chi connectivity index (χ2n) is 7.84. The van der Waals surface area contributed by atoms with Gasteiger partial charge in [-0.2, -0.15) is 13.2 Å². The van der Waals surface area contributed by atoms with Crippen LogP contribution in [0, 0.1) is 19.3 Å². The van der Waals surface area contributed by atoms with Crippen molar-refractivity contribution in [3.05, 3.63) is 17.1 Å². The molecule has 0 aliphatic carbocycles. The normalized spacial score (nSPS) is 22.9. The van der Waals surface area contributed by atoms with Gasteiger partial charge in [0.15, 0.2) is 0 Å². The summed E-state index contributed by atoms with van der Waals surface area (Å²) < 4.78 is 45.0. The van der Waals surface area contributed by atoms with E-state index in [2.05, 4.69) is 9.97 Å². The first-order valence-corrected chi connectivity index (χ1v) is 9.65. The molecular formula is C19H26F3N3O3. The van der Waals surface area contributed by atoms with Crippen molar-refractivity contribution < 1.29 is 27.8 Å². The number of carbonyl (C=O) groups is 1. The number of carboxylic acids is 1. The number of hydrogen-bond donors (Lipinski definition) is 1. The summed E-state index contributed by atoms with van der Waals surface area (Å²) in [5.41, 5.74) is -0.0316. The first kappa shape index (κ1) is 20.8. The minimum atomic E-state index is -4.62. The summed E-state index contributed by atoms with van der Waals surface area (Å²) in [5.74, 6) is -1.77. The van der Waals surface area contributed by atoms with E-state index in [9.17, 15) is 23.1 Å². The van der Waals surface area contributed by atoms with Gasteiger partial charge in [0.25, 0.3) is 0 Å². The van der Waals surface area contributed by atoms with Crippen LogP contribution in [-0.4, -0.2) is 46.8 Å². The van der Waals surface area contributed by atoms with E-state index >= 15 is 0 Å². The predicted molar refractivity (Wildman–Crippen MR) is 96.2 cm³/mol. The fourth-order valence-electron chi connectivity index (χ4n) is 4.10. The number of aromatic nitrogens is 2. The van der Waals surface area contributed by atoms with Gasteiger partial charge in [-0.25, -0.2) is 9.97 Å². The number of halogens is 3. The van der Waals surface area contributed by atoms with E-state index in [4.69, 9.17) is 4.74 Å². The van der Waals surface area contributed by atoms with E-state index in [1.165, 1.54) is 6.92 Å². The molecule has 2 aliphatic heterocycles. The lowest BCUT2D eigenvalue weighted by atomic mass is 9.73. The maximum atomic E-state index is 13.1. The summed E-state index contributed by atoms with van der Waals surface area (Å²) in [5, 5.41) is 9.88. The van der Waals surface area contributed by atoms with Crippen LogP contribution < -0.4 is 4.90 Å². The Morgan fingerprint density at radius 2 is 1.93 bits per heavy atom. The van der Waals surface area contributed by atoms with Gasteiger partial charge in [0.2, 0.25) is 5.82 Å². The average Bonchev–Trinajstić information content (AvgIpc) is 2.64. The zero-order valence-electron chi connectivity index (χ0n) is 16.2. The molecule has 2 saturated heterocycles. The molecule has 0 spiro atoms. The molecule has 0 amide bonds. The molecule has 1 aromatic heterocycles. The lowest BCUT2D eigenvalue weighted by molar-refractivity contribution is -0.154. The Labute approximate surface area is 162 Å². The number of rotatable bonds is 4. The van der Waals surface area contributed by atoms with E-state index < -0.39 is 23.4 Å². The Hall–Kier alpha value is -1.90. The largest absolute Gasteiger partial charge is 0.481 e. The number of hydrogen-bond acceptors (Lipinski definition) is 5. The van der Waals surface area contributed by atoms with Crippen LogP contribution in [0.2, 0.25) is 0 Å². The molecule has 3 heterocycles. The van der Waals surface area contributed by atoms with Crippen LogP contribution in [0.5, 0.6) is 0 Å². The Bertz CT molecular complexity index is 725. The highest BCUT2D eigenvalue weighted by molar-refractivity contribution is 5.75. The quantitative estimate of drug-likeness (QED) is 0.828. The summed E-state index contributed by atoms with van der Waals surface area (Å²) in [6.07, 6.45) is -0.630. The van der Waals surface area contributed by atoms with Gasteiger partial charge in [0.1, 0.15) is 5.82 Å². The fraction of sp³-hybridized carbons (Fsp3) is 0.737. The topological polar surface area (TPSA) is 75.5 Å². The molecule has 3 rings (SSSR count). The number of aliphatic carboxylic acids is 1.